The number of aromatic nitrogens is 1. The second kappa shape index (κ2) is 6.82. The van der Waals surface area contributed by atoms with Crippen LogP contribution in [-0.4, -0.2) is 13.4 Å². The number of benzene rings is 2. The molecule has 0 bridgehead atoms. The molecule has 0 radical (unpaired) electrons. The second-order valence-electron chi connectivity index (χ2n) is 6.27. The Bertz CT molecular complexity index is 1070. The van der Waals surface area contributed by atoms with Crippen molar-refractivity contribution in [3.63, 3.8) is 0 Å². The first-order valence-corrected chi connectivity index (χ1v) is 9.63. The number of hydrogen-bond acceptors (Lipinski definition) is 3. The van der Waals surface area contributed by atoms with Crippen LogP contribution < -0.4 is 10.3 Å². The molecule has 0 aliphatic rings. The minimum absolute atomic E-state index is 0.0483. The zero-order chi connectivity index (χ0) is 18.0. The lowest BCUT2D eigenvalue weighted by Crippen LogP contribution is -2.24. The Morgan fingerprint density at radius 1 is 0.960 bits per heavy atom. The van der Waals surface area contributed by atoms with Crippen LogP contribution in [0.2, 0.25) is 0 Å². The minimum Gasteiger partial charge on any atom is -0.322 e. The molecule has 0 fully saturated rings. The number of hydrogen-bond donors (Lipinski definition) is 2. The van der Waals surface area contributed by atoms with Gasteiger partial charge in [0, 0.05) is 17.6 Å². The predicted molar refractivity (Wildman–Crippen MR) is 99.9 cm³/mol. The molecule has 5 nitrogen and oxygen atoms in total. The molecule has 0 atom stereocenters. The van der Waals surface area contributed by atoms with Gasteiger partial charge >= 0.3 is 0 Å². The van der Waals surface area contributed by atoms with E-state index in [-0.39, 0.29) is 17.9 Å². The van der Waals surface area contributed by atoms with E-state index in [4.69, 9.17) is 0 Å². The lowest BCUT2D eigenvalue weighted by atomic mass is 10.1. The molecule has 0 unspecified atom stereocenters. The number of aryl methyl sites for hydroxylation is 2. The smallest absolute Gasteiger partial charge is 0.251 e. The standard InChI is InChI=1S/C19H20N2O3S/c1-13-3-5-15(6-4-13)12-25(23,24)20-11-16-7-8-18-17(10-16)9-14(2)19(22)21-18/h3-10,20H,11-12H2,1-2H3,(H,21,22). The molecule has 0 spiro atoms. The van der Waals surface area contributed by atoms with Gasteiger partial charge in [0.05, 0.1) is 5.75 Å². The highest BCUT2D eigenvalue weighted by Crippen LogP contribution is 2.14. The maximum atomic E-state index is 12.3. The van der Waals surface area contributed by atoms with Gasteiger partial charge in [-0.3, -0.25) is 4.79 Å². The van der Waals surface area contributed by atoms with Crippen LogP contribution in [0, 0.1) is 13.8 Å². The molecular weight excluding hydrogens is 336 g/mol. The fourth-order valence-electron chi connectivity index (χ4n) is 2.62. The maximum absolute atomic E-state index is 12.3. The number of aromatic amines is 1. The molecule has 2 aromatic carbocycles. The van der Waals surface area contributed by atoms with E-state index in [0.29, 0.717) is 5.56 Å². The number of fused-ring (bicyclic) bond motifs is 1. The molecule has 3 aromatic rings. The van der Waals surface area contributed by atoms with Crippen LogP contribution in [0.5, 0.6) is 0 Å². The molecule has 1 aromatic heterocycles. The highest BCUT2D eigenvalue weighted by Gasteiger charge is 2.11. The van der Waals surface area contributed by atoms with Crippen LogP contribution in [0.15, 0.2) is 53.3 Å². The average molecular weight is 356 g/mol. The van der Waals surface area contributed by atoms with Gasteiger partial charge in [-0.25, -0.2) is 13.1 Å². The summed E-state index contributed by atoms with van der Waals surface area (Å²) in [5.41, 5.74) is 3.94. The Hall–Kier alpha value is -2.44. The van der Waals surface area contributed by atoms with Gasteiger partial charge in [0.2, 0.25) is 10.0 Å². The summed E-state index contributed by atoms with van der Waals surface area (Å²) in [4.78, 5) is 14.4. The monoisotopic (exact) mass is 356 g/mol. The van der Waals surface area contributed by atoms with E-state index in [9.17, 15) is 13.2 Å². The predicted octanol–water partition coefficient (Wildman–Crippen LogP) is 2.76. The zero-order valence-corrected chi connectivity index (χ0v) is 15.0. The van der Waals surface area contributed by atoms with Crippen molar-refractivity contribution >= 4 is 20.9 Å². The van der Waals surface area contributed by atoms with Gasteiger partial charge in [-0.2, -0.15) is 0 Å². The van der Waals surface area contributed by atoms with Crippen molar-refractivity contribution in [2.75, 3.05) is 0 Å². The summed E-state index contributed by atoms with van der Waals surface area (Å²) >= 11 is 0. The number of sulfonamides is 1. The van der Waals surface area contributed by atoms with E-state index >= 15 is 0 Å². The fraction of sp³-hybridized carbons (Fsp3) is 0.211. The summed E-state index contributed by atoms with van der Waals surface area (Å²) in [7, 11) is -3.42. The SMILES string of the molecule is Cc1ccc(CS(=O)(=O)NCc2ccc3[nH]c(=O)c(C)cc3c2)cc1. The second-order valence-corrected chi connectivity index (χ2v) is 8.08. The molecule has 0 saturated heterocycles. The highest BCUT2D eigenvalue weighted by molar-refractivity contribution is 7.88. The quantitative estimate of drug-likeness (QED) is 0.738. The van der Waals surface area contributed by atoms with Gasteiger partial charge < -0.3 is 4.98 Å². The molecule has 0 aliphatic carbocycles. The first kappa shape index (κ1) is 17.4. The van der Waals surface area contributed by atoms with Crippen LogP contribution in [0.25, 0.3) is 10.9 Å². The van der Waals surface area contributed by atoms with E-state index in [0.717, 1.165) is 27.6 Å². The summed E-state index contributed by atoms with van der Waals surface area (Å²) in [6.45, 7) is 3.92. The molecule has 2 N–H and O–H groups in total. The number of pyridine rings is 1. The lowest BCUT2D eigenvalue weighted by molar-refractivity contribution is 0.580. The highest BCUT2D eigenvalue weighted by atomic mass is 32.2. The van der Waals surface area contributed by atoms with Gasteiger partial charge in [0.15, 0.2) is 0 Å². The third kappa shape index (κ3) is 4.35. The summed E-state index contributed by atoms with van der Waals surface area (Å²) in [5, 5.41) is 0.882. The van der Waals surface area contributed by atoms with E-state index in [2.05, 4.69) is 9.71 Å². The summed E-state index contributed by atoms with van der Waals surface area (Å²) in [6, 6.07) is 14.7. The summed E-state index contributed by atoms with van der Waals surface area (Å²) in [6.07, 6.45) is 0. The molecule has 1 heterocycles. The largest absolute Gasteiger partial charge is 0.322 e. The molecule has 0 aliphatic heterocycles. The van der Waals surface area contributed by atoms with Crippen molar-refractivity contribution in [3.8, 4) is 0 Å². The Kier molecular flexibility index (Phi) is 4.74. The number of H-pyrrole nitrogens is 1. The van der Waals surface area contributed by atoms with Crippen molar-refractivity contribution in [1.29, 1.82) is 0 Å². The fourth-order valence-corrected chi connectivity index (χ4v) is 3.74. The molecule has 0 amide bonds. The molecular formula is C19H20N2O3S. The van der Waals surface area contributed by atoms with Gasteiger partial charge in [-0.15, -0.1) is 0 Å². The van der Waals surface area contributed by atoms with Crippen LogP contribution in [-0.2, 0) is 22.3 Å². The Morgan fingerprint density at radius 2 is 1.64 bits per heavy atom. The van der Waals surface area contributed by atoms with Crippen LogP contribution in [0.1, 0.15) is 22.3 Å². The normalized spacial score (nSPS) is 11.8. The summed E-state index contributed by atoms with van der Waals surface area (Å²) < 4.78 is 27.2. The van der Waals surface area contributed by atoms with Crippen molar-refractivity contribution in [3.05, 3.63) is 81.1 Å². The van der Waals surface area contributed by atoms with Gasteiger partial charge in [0.1, 0.15) is 0 Å². The summed E-state index contributed by atoms with van der Waals surface area (Å²) in [5.74, 6) is -0.0483. The van der Waals surface area contributed by atoms with Crippen molar-refractivity contribution in [2.24, 2.45) is 0 Å². The topological polar surface area (TPSA) is 79.0 Å². The molecule has 6 heteroatoms. The third-order valence-electron chi connectivity index (χ3n) is 4.07. The first-order chi connectivity index (χ1) is 11.8. The Labute approximate surface area is 146 Å². The van der Waals surface area contributed by atoms with Crippen molar-refractivity contribution in [2.45, 2.75) is 26.1 Å². The lowest BCUT2D eigenvalue weighted by Gasteiger charge is -2.08. The number of nitrogens with one attached hydrogen (secondary N) is 2. The van der Waals surface area contributed by atoms with Gasteiger partial charge in [-0.05, 0) is 48.6 Å². The van der Waals surface area contributed by atoms with Crippen molar-refractivity contribution in [1.82, 2.24) is 9.71 Å². The Balaban J connectivity index is 1.73. The molecule has 25 heavy (non-hydrogen) atoms. The third-order valence-corrected chi connectivity index (χ3v) is 5.37. The number of rotatable bonds is 5. The average Bonchev–Trinajstić information content (AvgIpc) is 2.56. The maximum Gasteiger partial charge on any atom is 0.251 e. The van der Waals surface area contributed by atoms with Gasteiger partial charge in [0.25, 0.3) is 5.56 Å². The van der Waals surface area contributed by atoms with E-state index in [1.807, 2.05) is 43.3 Å². The first-order valence-electron chi connectivity index (χ1n) is 7.98. The van der Waals surface area contributed by atoms with E-state index < -0.39 is 10.0 Å². The molecule has 0 saturated carbocycles. The molecule has 130 valence electrons. The van der Waals surface area contributed by atoms with Crippen LogP contribution in [0.4, 0.5) is 0 Å². The molecule has 3 rings (SSSR count). The zero-order valence-electron chi connectivity index (χ0n) is 14.2. The van der Waals surface area contributed by atoms with E-state index in [1.165, 1.54) is 0 Å². The van der Waals surface area contributed by atoms with Crippen LogP contribution >= 0.6 is 0 Å². The van der Waals surface area contributed by atoms with Gasteiger partial charge in [-0.1, -0.05) is 35.9 Å². The van der Waals surface area contributed by atoms with Crippen molar-refractivity contribution < 1.29 is 8.42 Å². The van der Waals surface area contributed by atoms with Crippen LogP contribution in [0.3, 0.4) is 0 Å². The Morgan fingerprint density at radius 3 is 2.36 bits per heavy atom. The van der Waals surface area contributed by atoms with E-state index in [1.54, 1.807) is 19.1 Å². The minimum atomic E-state index is -3.42.